The second-order valence-electron chi connectivity index (χ2n) is 7.23. The Morgan fingerprint density at radius 1 is 0.875 bits per heavy atom. The third kappa shape index (κ3) is 6.66. The molecule has 0 bridgehead atoms. The van der Waals surface area contributed by atoms with Crippen LogP contribution in [0.3, 0.4) is 0 Å². The minimum atomic E-state index is -0.0967. The number of rotatable bonds is 12. The van der Waals surface area contributed by atoms with Gasteiger partial charge in [-0.1, -0.05) is 60.7 Å². The second kappa shape index (κ2) is 12.4. The quantitative estimate of drug-likeness (QED) is 0.269. The molecule has 0 amide bonds. The number of halogens is 1. The summed E-state index contributed by atoms with van der Waals surface area (Å²) in [6.45, 7) is 2.80. The lowest BCUT2D eigenvalue weighted by Crippen LogP contribution is -2.11. The Morgan fingerprint density at radius 2 is 1.44 bits per heavy atom. The highest BCUT2D eigenvalue weighted by Crippen LogP contribution is 2.39. The average molecular weight is 499 g/mol. The van der Waals surface area contributed by atoms with Crippen LogP contribution < -0.4 is 9.47 Å². The van der Waals surface area contributed by atoms with Crippen molar-refractivity contribution in [1.82, 2.24) is 0 Å². The summed E-state index contributed by atoms with van der Waals surface area (Å²) < 4.78 is 18.4. The molecule has 32 heavy (non-hydrogen) atoms. The number of carbonyl (C=O) groups excluding carboxylic acids is 1. The van der Waals surface area contributed by atoms with Crippen molar-refractivity contribution in [2.75, 3.05) is 19.8 Å². The third-order valence-electron chi connectivity index (χ3n) is 4.85. The van der Waals surface area contributed by atoms with Crippen LogP contribution >= 0.6 is 15.9 Å². The van der Waals surface area contributed by atoms with Gasteiger partial charge in [-0.2, -0.15) is 0 Å². The van der Waals surface area contributed by atoms with Gasteiger partial charge in [-0.3, -0.25) is 4.79 Å². The van der Waals surface area contributed by atoms with Crippen molar-refractivity contribution in [3.05, 3.63) is 93.5 Å². The fourth-order valence-corrected chi connectivity index (χ4v) is 3.94. The Morgan fingerprint density at radius 3 is 1.97 bits per heavy atom. The van der Waals surface area contributed by atoms with Gasteiger partial charge in [0.05, 0.1) is 29.9 Å². The van der Waals surface area contributed by atoms with E-state index in [1.165, 1.54) is 6.92 Å². The molecule has 3 aromatic rings. The normalized spacial score (nSPS) is 10.7. The van der Waals surface area contributed by atoms with Gasteiger partial charge in [0.1, 0.15) is 24.7 Å². The molecule has 0 aliphatic heterocycles. The van der Waals surface area contributed by atoms with E-state index in [0.717, 1.165) is 16.7 Å². The molecule has 0 spiro atoms. The highest BCUT2D eigenvalue weighted by Gasteiger charge is 2.22. The number of ketones is 1. The summed E-state index contributed by atoms with van der Waals surface area (Å²) in [5.41, 5.74) is 3.32. The van der Waals surface area contributed by atoms with E-state index >= 15 is 0 Å². The predicted molar refractivity (Wildman–Crippen MR) is 127 cm³/mol. The number of benzene rings is 3. The molecule has 3 rings (SSSR count). The number of ether oxygens (including phenoxy) is 3. The van der Waals surface area contributed by atoms with Crippen LogP contribution in [0.25, 0.3) is 0 Å². The van der Waals surface area contributed by atoms with Gasteiger partial charge in [0.2, 0.25) is 0 Å². The summed E-state index contributed by atoms with van der Waals surface area (Å²) in [5.74, 6) is 0.976. The van der Waals surface area contributed by atoms with Crippen molar-refractivity contribution in [2.24, 2.45) is 0 Å². The number of hydrogen-bond donors (Lipinski definition) is 1. The van der Waals surface area contributed by atoms with E-state index in [2.05, 4.69) is 15.9 Å². The maximum Gasteiger partial charge on any atom is 0.163 e. The Bertz CT molecular complexity index is 1010. The smallest absolute Gasteiger partial charge is 0.163 e. The lowest BCUT2D eigenvalue weighted by atomic mass is 10.00. The maximum atomic E-state index is 12.6. The van der Waals surface area contributed by atoms with E-state index in [-0.39, 0.29) is 19.0 Å². The van der Waals surface area contributed by atoms with Crippen LogP contribution in [0.15, 0.2) is 71.2 Å². The molecule has 0 fully saturated rings. The van der Waals surface area contributed by atoms with Crippen LogP contribution in [0.2, 0.25) is 0 Å². The standard InChI is InChI=1S/C26H27BrO5/c1-19(29)25-22(12-14-30-15-13-28)26(27)24(32-18-21-10-6-3-7-11-21)16-23(25)31-17-20-8-4-2-5-9-20/h2-11,16,28H,12-15,17-18H2,1H3. The van der Waals surface area contributed by atoms with Crippen molar-refractivity contribution in [1.29, 1.82) is 0 Å². The third-order valence-corrected chi connectivity index (χ3v) is 5.72. The van der Waals surface area contributed by atoms with Gasteiger partial charge < -0.3 is 19.3 Å². The van der Waals surface area contributed by atoms with Crippen LogP contribution in [0.4, 0.5) is 0 Å². The highest BCUT2D eigenvalue weighted by atomic mass is 79.9. The molecule has 168 valence electrons. The average Bonchev–Trinajstić information content (AvgIpc) is 2.81. The summed E-state index contributed by atoms with van der Waals surface area (Å²) in [5, 5.41) is 8.98. The monoisotopic (exact) mass is 498 g/mol. The molecule has 0 aliphatic rings. The van der Waals surface area contributed by atoms with E-state index < -0.39 is 0 Å². The van der Waals surface area contributed by atoms with Crippen molar-refractivity contribution < 1.29 is 24.1 Å². The Labute approximate surface area is 197 Å². The van der Waals surface area contributed by atoms with E-state index in [0.29, 0.717) is 47.8 Å². The molecule has 0 aromatic heterocycles. The van der Waals surface area contributed by atoms with E-state index in [1.807, 2.05) is 60.7 Å². The number of carbonyl (C=O) groups is 1. The van der Waals surface area contributed by atoms with Crippen molar-refractivity contribution >= 4 is 21.7 Å². The summed E-state index contributed by atoms with van der Waals surface area (Å²) in [6, 6.07) is 21.4. The van der Waals surface area contributed by atoms with Crippen LogP contribution in [0.5, 0.6) is 11.5 Å². The molecule has 0 aliphatic carbocycles. The minimum Gasteiger partial charge on any atom is -0.488 e. The summed E-state index contributed by atoms with van der Waals surface area (Å²) in [4.78, 5) is 12.6. The first-order valence-corrected chi connectivity index (χ1v) is 11.3. The van der Waals surface area contributed by atoms with Crippen LogP contribution in [0, 0.1) is 0 Å². The molecule has 0 radical (unpaired) electrons. The molecule has 0 saturated heterocycles. The van der Waals surface area contributed by atoms with Crippen molar-refractivity contribution in [3.63, 3.8) is 0 Å². The Kier molecular flexibility index (Phi) is 9.28. The van der Waals surface area contributed by atoms with Gasteiger partial charge >= 0.3 is 0 Å². The van der Waals surface area contributed by atoms with Crippen molar-refractivity contribution in [3.8, 4) is 11.5 Å². The van der Waals surface area contributed by atoms with Gasteiger partial charge in [-0.15, -0.1) is 0 Å². The van der Waals surface area contributed by atoms with E-state index in [1.54, 1.807) is 6.07 Å². The molecule has 6 heteroatoms. The molecule has 5 nitrogen and oxygen atoms in total. The van der Waals surface area contributed by atoms with E-state index in [4.69, 9.17) is 19.3 Å². The topological polar surface area (TPSA) is 65.0 Å². The zero-order chi connectivity index (χ0) is 22.8. The lowest BCUT2D eigenvalue weighted by Gasteiger charge is -2.19. The molecule has 0 saturated carbocycles. The lowest BCUT2D eigenvalue weighted by molar-refractivity contribution is 0.0935. The van der Waals surface area contributed by atoms with Gasteiger partial charge in [0, 0.05) is 6.07 Å². The van der Waals surface area contributed by atoms with E-state index in [9.17, 15) is 4.79 Å². The van der Waals surface area contributed by atoms with Gasteiger partial charge in [0.15, 0.2) is 5.78 Å². The van der Waals surface area contributed by atoms with Crippen molar-refractivity contribution in [2.45, 2.75) is 26.6 Å². The zero-order valence-electron chi connectivity index (χ0n) is 18.1. The molecule has 3 aromatic carbocycles. The van der Waals surface area contributed by atoms with Crippen LogP contribution in [0.1, 0.15) is 34.0 Å². The first-order chi connectivity index (χ1) is 15.6. The van der Waals surface area contributed by atoms with Gasteiger partial charge in [-0.25, -0.2) is 0 Å². The fraction of sp³-hybridized carbons (Fsp3) is 0.269. The molecular weight excluding hydrogens is 472 g/mol. The van der Waals surface area contributed by atoms with Gasteiger partial charge in [0.25, 0.3) is 0 Å². The molecular formula is C26H27BrO5. The second-order valence-corrected chi connectivity index (χ2v) is 8.02. The van der Waals surface area contributed by atoms with Crippen LogP contribution in [-0.4, -0.2) is 30.7 Å². The molecule has 0 heterocycles. The first kappa shape index (κ1) is 24.0. The zero-order valence-corrected chi connectivity index (χ0v) is 19.6. The Hall–Kier alpha value is -2.67. The first-order valence-electron chi connectivity index (χ1n) is 10.5. The summed E-state index contributed by atoms with van der Waals surface area (Å²) >= 11 is 3.64. The van der Waals surface area contributed by atoms with Crippen LogP contribution in [-0.2, 0) is 24.4 Å². The summed E-state index contributed by atoms with van der Waals surface area (Å²) in [7, 11) is 0. The molecule has 0 atom stereocenters. The molecule has 1 N–H and O–H groups in total. The number of aliphatic hydroxyl groups excluding tert-OH is 1. The Balaban J connectivity index is 1.92. The predicted octanol–water partition coefficient (Wildman–Crippen LogP) is 5.36. The minimum absolute atomic E-state index is 0.0492. The highest BCUT2D eigenvalue weighted by molar-refractivity contribution is 9.10. The van der Waals surface area contributed by atoms with Gasteiger partial charge in [-0.05, 0) is 46.0 Å². The number of Topliss-reactive ketones (excluding diaryl/α,β-unsaturated/α-hetero) is 1. The SMILES string of the molecule is CC(=O)c1c(OCc2ccccc2)cc(OCc2ccccc2)c(Br)c1CCOCCO. The molecule has 0 unspecified atom stereocenters. The fourth-order valence-electron chi connectivity index (χ4n) is 3.31. The number of hydrogen-bond acceptors (Lipinski definition) is 5. The maximum absolute atomic E-state index is 12.6. The number of aliphatic hydroxyl groups is 1. The largest absolute Gasteiger partial charge is 0.488 e. The summed E-state index contributed by atoms with van der Waals surface area (Å²) in [6.07, 6.45) is 0.472.